The molecule has 0 aliphatic carbocycles. The number of hydrogen-bond acceptors (Lipinski definition) is 8. The van der Waals surface area contributed by atoms with E-state index >= 15 is 0 Å². The molecular formula is C13H22N2O9. The number of carbonyl (C=O) groups is 3. The van der Waals surface area contributed by atoms with E-state index in [-0.39, 0.29) is 12.8 Å². The lowest BCUT2D eigenvalue weighted by molar-refractivity contribution is -0.229. The maximum Gasteiger partial charge on any atom is 0.326 e. The first kappa shape index (κ1) is 20.3. The lowest BCUT2D eigenvalue weighted by atomic mass is 9.93. The average molecular weight is 350 g/mol. The van der Waals surface area contributed by atoms with E-state index in [9.17, 15) is 29.7 Å². The molecule has 1 aliphatic rings. The number of nitrogens with two attached hydrogens (primary N) is 1. The molecule has 0 aromatic carbocycles. The Hall–Kier alpha value is -1.79. The van der Waals surface area contributed by atoms with Gasteiger partial charge in [0.25, 0.3) is 0 Å². The predicted octanol–water partition coefficient (Wildman–Crippen LogP) is -3.95. The number of primary amides is 1. The summed E-state index contributed by atoms with van der Waals surface area (Å²) in [5.41, 5.74) is 4.93. The predicted molar refractivity (Wildman–Crippen MR) is 76.4 cm³/mol. The van der Waals surface area contributed by atoms with Gasteiger partial charge in [-0.05, 0) is 6.42 Å². The van der Waals surface area contributed by atoms with Crippen LogP contribution in [0.1, 0.15) is 19.3 Å². The fourth-order valence-electron chi connectivity index (χ4n) is 2.33. The molecule has 0 bridgehead atoms. The van der Waals surface area contributed by atoms with Crippen molar-refractivity contribution in [3.8, 4) is 0 Å². The Morgan fingerprint density at radius 3 is 2.17 bits per heavy atom. The van der Waals surface area contributed by atoms with Crippen molar-refractivity contribution in [2.24, 2.45) is 5.73 Å². The Balaban J connectivity index is 2.64. The third-order valence-electron chi connectivity index (χ3n) is 3.69. The van der Waals surface area contributed by atoms with Gasteiger partial charge in [-0.1, -0.05) is 0 Å². The standard InChI is InChI=1S/C13H22N2O9/c14-8(17)2-1-5(13(22)23)15-9(18)3-6-10(19)12(21)11(20)7(4-16)24-6/h5-7,10-12,16,19-21H,1-4H2,(H2,14,17)(H,15,18)(H,22,23)/t5-,6?,7?,10?,11?,12?/m1/s1. The quantitative estimate of drug-likeness (QED) is 0.228. The molecule has 1 heterocycles. The molecule has 0 aromatic heterocycles. The van der Waals surface area contributed by atoms with Gasteiger partial charge in [-0.25, -0.2) is 4.79 Å². The van der Waals surface area contributed by atoms with Gasteiger partial charge in [0.2, 0.25) is 11.8 Å². The fraction of sp³-hybridized carbons (Fsp3) is 0.769. The van der Waals surface area contributed by atoms with E-state index in [1.807, 2.05) is 0 Å². The molecule has 1 saturated heterocycles. The SMILES string of the molecule is NC(=O)CC[C@@H](NC(=O)CC1OC(CO)C(O)C(O)C1O)C(=O)O. The summed E-state index contributed by atoms with van der Waals surface area (Å²) in [6.07, 6.45) is -8.13. The summed E-state index contributed by atoms with van der Waals surface area (Å²) >= 11 is 0. The van der Waals surface area contributed by atoms with E-state index in [0.717, 1.165) is 0 Å². The van der Waals surface area contributed by atoms with Crippen LogP contribution in [0.5, 0.6) is 0 Å². The minimum atomic E-state index is -1.63. The van der Waals surface area contributed by atoms with Gasteiger partial charge < -0.3 is 41.3 Å². The van der Waals surface area contributed by atoms with Gasteiger partial charge in [-0.3, -0.25) is 9.59 Å². The van der Waals surface area contributed by atoms with Crippen LogP contribution in [0.4, 0.5) is 0 Å². The highest BCUT2D eigenvalue weighted by Crippen LogP contribution is 2.23. The molecular weight excluding hydrogens is 328 g/mol. The Morgan fingerprint density at radius 1 is 1.08 bits per heavy atom. The van der Waals surface area contributed by atoms with Gasteiger partial charge >= 0.3 is 5.97 Å². The topological polar surface area (TPSA) is 200 Å². The molecule has 24 heavy (non-hydrogen) atoms. The highest BCUT2D eigenvalue weighted by atomic mass is 16.5. The van der Waals surface area contributed by atoms with Gasteiger partial charge in [0, 0.05) is 6.42 Å². The van der Waals surface area contributed by atoms with E-state index in [1.54, 1.807) is 0 Å². The molecule has 5 unspecified atom stereocenters. The van der Waals surface area contributed by atoms with Crippen LogP contribution in [-0.2, 0) is 19.1 Å². The highest BCUT2D eigenvalue weighted by molar-refractivity contribution is 5.84. The molecule has 0 radical (unpaired) electrons. The average Bonchev–Trinajstić information content (AvgIpc) is 2.51. The minimum Gasteiger partial charge on any atom is -0.480 e. The van der Waals surface area contributed by atoms with Crippen LogP contribution in [0.3, 0.4) is 0 Å². The van der Waals surface area contributed by atoms with Crippen molar-refractivity contribution in [3.05, 3.63) is 0 Å². The van der Waals surface area contributed by atoms with Gasteiger partial charge in [-0.2, -0.15) is 0 Å². The van der Waals surface area contributed by atoms with Crippen LogP contribution in [0.2, 0.25) is 0 Å². The van der Waals surface area contributed by atoms with Crippen molar-refractivity contribution in [2.75, 3.05) is 6.61 Å². The summed E-state index contributed by atoms with van der Waals surface area (Å²) in [6, 6.07) is -1.35. The van der Waals surface area contributed by atoms with Crippen LogP contribution in [0.25, 0.3) is 0 Å². The van der Waals surface area contributed by atoms with Crippen molar-refractivity contribution in [1.29, 1.82) is 0 Å². The molecule has 11 heteroatoms. The molecule has 1 fully saturated rings. The van der Waals surface area contributed by atoms with Gasteiger partial charge in [0.05, 0.1) is 19.1 Å². The Labute approximate surface area is 137 Å². The first-order valence-corrected chi connectivity index (χ1v) is 7.28. The number of carboxylic acids is 1. The molecule has 1 rings (SSSR count). The van der Waals surface area contributed by atoms with E-state index in [0.29, 0.717) is 0 Å². The summed E-state index contributed by atoms with van der Waals surface area (Å²) in [5, 5.41) is 49.3. The van der Waals surface area contributed by atoms with Crippen molar-refractivity contribution < 1.29 is 44.7 Å². The van der Waals surface area contributed by atoms with E-state index < -0.39 is 67.4 Å². The van der Waals surface area contributed by atoms with Gasteiger partial charge in [0.15, 0.2) is 0 Å². The second kappa shape index (κ2) is 8.89. The molecule has 138 valence electrons. The van der Waals surface area contributed by atoms with Crippen LogP contribution >= 0.6 is 0 Å². The summed E-state index contributed by atoms with van der Waals surface area (Å²) in [7, 11) is 0. The number of carbonyl (C=O) groups excluding carboxylic acids is 2. The number of aliphatic hydroxyl groups is 4. The Kier molecular flexibility index (Phi) is 7.51. The second-order valence-corrected chi connectivity index (χ2v) is 5.53. The zero-order valence-corrected chi connectivity index (χ0v) is 12.7. The van der Waals surface area contributed by atoms with Gasteiger partial charge in [-0.15, -0.1) is 0 Å². The van der Waals surface area contributed by atoms with Crippen LogP contribution in [-0.4, -0.2) is 86.5 Å². The highest BCUT2D eigenvalue weighted by Gasteiger charge is 2.44. The monoisotopic (exact) mass is 350 g/mol. The summed E-state index contributed by atoms with van der Waals surface area (Å²) < 4.78 is 5.15. The zero-order chi connectivity index (χ0) is 18.4. The van der Waals surface area contributed by atoms with Crippen molar-refractivity contribution in [2.45, 2.75) is 55.8 Å². The van der Waals surface area contributed by atoms with Crippen molar-refractivity contribution >= 4 is 17.8 Å². The number of carboxylic acid groups (broad SMARTS) is 1. The summed E-state index contributed by atoms with van der Waals surface area (Å²) in [4.78, 5) is 33.7. The number of rotatable bonds is 8. The molecule has 8 N–H and O–H groups in total. The summed E-state index contributed by atoms with van der Waals surface area (Å²) in [6.45, 7) is -0.639. The number of hydrogen-bond donors (Lipinski definition) is 7. The molecule has 0 saturated carbocycles. The largest absolute Gasteiger partial charge is 0.480 e. The molecule has 11 nitrogen and oxygen atoms in total. The van der Waals surface area contributed by atoms with E-state index in [1.165, 1.54) is 0 Å². The maximum absolute atomic E-state index is 11.9. The molecule has 1 aliphatic heterocycles. The Bertz CT molecular complexity index is 470. The lowest BCUT2D eigenvalue weighted by Gasteiger charge is -2.39. The number of aliphatic carboxylic acids is 1. The minimum absolute atomic E-state index is 0.203. The second-order valence-electron chi connectivity index (χ2n) is 5.53. The third kappa shape index (κ3) is 5.39. The zero-order valence-electron chi connectivity index (χ0n) is 12.7. The fourth-order valence-corrected chi connectivity index (χ4v) is 2.33. The Morgan fingerprint density at radius 2 is 1.67 bits per heavy atom. The van der Waals surface area contributed by atoms with E-state index in [4.69, 9.17) is 20.7 Å². The van der Waals surface area contributed by atoms with Crippen molar-refractivity contribution in [3.63, 3.8) is 0 Å². The molecule has 0 spiro atoms. The number of ether oxygens (including phenoxy) is 1. The number of nitrogens with one attached hydrogen (secondary N) is 1. The van der Waals surface area contributed by atoms with E-state index in [2.05, 4.69) is 5.32 Å². The van der Waals surface area contributed by atoms with Crippen LogP contribution < -0.4 is 11.1 Å². The number of amides is 2. The molecule has 2 amide bonds. The van der Waals surface area contributed by atoms with Crippen LogP contribution in [0.15, 0.2) is 0 Å². The normalized spacial score (nSPS) is 31.2. The summed E-state index contributed by atoms with van der Waals surface area (Å²) in [5.74, 6) is -2.89. The first-order chi connectivity index (χ1) is 11.2. The molecule has 0 aromatic rings. The van der Waals surface area contributed by atoms with Gasteiger partial charge in [0.1, 0.15) is 30.5 Å². The smallest absolute Gasteiger partial charge is 0.326 e. The molecule has 6 atom stereocenters. The number of aliphatic hydroxyl groups excluding tert-OH is 4. The first-order valence-electron chi connectivity index (χ1n) is 7.28. The lowest BCUT2D eigenvalue weighted by Crippen LogP contribution is -2.59. The van der Waals surface area contributed by atoms with Crippen molar-refractivity contribution in [1.82, 2.24) is 5.32 Å². The third-order valence-corrected chi connectivity index (χ3v) is 3.69. The maximum atomic E-state index is 11.9. The van der Waals surface area contributed by atoms with Crippen LogP contribution in [0, 0.1) is 0 Å².